The van der Waals surface area contributed by atoms with Gasteiger partial charge in [0.1, 0.15) is 0 Å². The molecule has 2 aliphatic rings. The molecule has 7 rings (SSSR count). The largest absolute Gasteiger partial charge is 0.504 e. The van der Waals surface area contributed by atoms with E-state index in [0.29, 0.717) is 51.0 Å². The highest BCUT2D eigenvalue weighted by atomic mass is 16.5. The number of phenols is 1. The Hall–Kier alpha value is -4.14. The lowest BCUT2D eigenvalue weighted by molar-refractivity contribution is 0.282. The number of aliphatic hydroxyl groups excluding tert-OH is 2. The van der Waals surface area contributed by atoms with E-state index in [2.05, 4.69) is 37.5 Å². The summed E-state index contributed by atoms with van der Waals surface area (Å²) in [7, 11) is 1.50. The molecular formula is C41H48N2O6. The summed E-state index contributed by atoms with van der Waals surface area (Å²) in [5.41, 5.74) is 4.33. The van der Waals surface area contributed by atoms with E-state index in [1.165, 1.54) is 57.8 Å². The van der Waals surface area contributed by atoms with Crippen LogP contribution in [0.25, 0.3) is 49.2 Å². The van der Waals surface area contributed by atoms with Gasteiger partial charge >= 0.3 is 0 Å². The fraction of sp³-hybridized carbons (Fsp3) is 0.463. The van der Waals surface area contributed by atoms with Gasteiger partial charge in [-0.1, -0.05) is 76.9 Å². The van der Waals surface area contributed by atoms with E-state index in [1.54, 1.807) is 0 Å². The number of phenolic OH excluding ortho intramolecular Hbond substituents is 1. The average molecular weight is 665 g/mol. The van der Waals surface area contributed by atoms with Gasteiger partial charge in [-0.25, -0.2) is 0 Å². The monoisotopic (exact) mass is 664 g/mol. The van der Waals surface area contributed by atoms with Crippen LogP contribution < -0.4 is 26.2 Å². The van der Waals surface area contributed by atoms with Crippen LogP contribution in [0.4, 0.5) is 11.4 Å². The Labute approximate surface area is 286 Å². The van der Waals surface area contributed by atoms with Gasteiger partial charge in [-0.05, 0) is 65.6 Å². The van der Waals surface area contributed by atoms with E-state index in [1.807, 2.05) is 0 Å². The van der Waals surface area contributed by atoms with Crippen molar-refractivity contribution in [2.24, 2.45) is 0 Å². The third-order valence-electron chi connectivity index (χ3n) is 11.2. The second kappa shape index (κ2) is 13.0. The van der Waals surface area contributed by atoms with Crippen molar-refractivity contribution in [3.8, 4) is 11.5 Å². The number of nitrogens with one attached hydrogen (secondary N) is 2. The normalized spacial score (nSPS) is 15.2. The zero-order valence-electron chi connectivity index (χ0n) is 29.2. The Morgan fingerprint density at radius 3 is 1.92 bits per heavy atom. The van der Waals surface area contributed by atoms with Crippen LogP contribution in [0.1, 0.15) is 107 Å². The number of fused-ring (bicyclic) bond motifs is 4. The molecule has 1 aliphatic heterocycles. The summed E-state index contributed by atoms with van der Waals surface area (Å²) in [5.74, 6) is 0.00927. The Balaban J connectivity index is 1.66. The Morgan fingerprint density at radius 2 is 1.35 bits per heavy atom. The molecule has 5 N–H and O–H groups in total. The number of aromatic hydroxyl groups is 1. The van der Waals surface area contributed by atoms with Gasteiger partial charge in [0.2, 0.25) is 0 Å². The molecule has 0 atom stereocenters. The van der Waals surface area contributed by atoms with Crippen LogP contribution in [0, 0.1) is 0 Å². The topological polar surface area (TPSA) is 128 Å². The highest BCUT2D eigenvalue weighted by Crippen LogP contribution is 2.55. The molecular weight excluding hydrogens is 616 g/mol. The van der Waals surface area contributed by atoms with E-state index in [0.717, 1.165) is 64.5 Å². The van der Waals surface area contributed by atoms with Crippen molar-refractivity contribution < 1.29 is 20.1 Å². The van der Waals surface area contributed by atoms with E-state index in [9.17, 15) is 24.9 Å². The van der Waals surface area contributed by atoms with Crippen LogP contribution in [-0.2, 0) is 19.6 Å². The highest BCUT2D eigenvalue weighted by molar-refractivity contribution is 6.39. The van der Waals surface area contributed by atoms with Gasteiger partial charge in [0.15, 0.2) is 22.4 Å². The molecule has 0 aromatic heterocycles. The molecule has 0 saturated heterocycles. The quantitative estimate of drug-likeness (QED) is 0.0486. The van der Waals surface area contributed by atoms with Gasteiger partial charge in [-0.2, -0.15) is 0 Å². The summed E-state index contributed by atoms with van der Waals surface area (Å²) < 4.78 is 5.86. The van der Waals surface area contributed by atoms with Gasteiger partial charge in [0.25, 0.3) is 0 Å². The van der Waals surface area contributed by atoms with Crippen molar-refractivity contribution in [3.05, 3.63) is 60.4 Å². The molecule has 5 aromatic carbocycles. The van der Waals surface area contributed by atoms with Crippen molar-refractivity contribution >= 4 is 60.5 Å². The number of benzene rings is 5. The smallest absolute Gasteiger partial charge is 0.190 e. The van der Waals surface area contributed by atoms with Crippen molar-refractivity contribution in [2.75, 3.05) is 24.3 Å². The summed E-state index contributed by atoms with van der Waals surface area (Å²) in [6, 6.07) is 2.85. The van der Waals surface area contributed by atoms with Crippen LogP contribution in [0.15, 0.2) is 27.3 Å². The lowest BCUT2D eigenvalue weighted by Crippen LogP contribution is -2.48. The third-order valence-corrected chi connectivity index (χ3v) is 11.2. The second-order valence-corrected chi connectivity index (χ2v) is 14.5. The van der Waals surface area contributed by atoms with E-state index >= 15 is 0 Å². The molecule has 258 valence electrons. The Morgan fingerprint density at radius 1 is 0.755 bits per heavy atom. The maximum Gasteiger partial charge on any atom is 0.190 e. The van der Waals surface area contributed by atoms with Gasteiger partial charge < -0.3 is 30.7 Å². The molecule has 0 saturated carbocycles. The minimum absolute atomic E-state index is 0.118. The first-order chi connectivity index (χ1) is 23.7. The summed E-state index contributed by atoms with van der Waals surface area (Å²) in [5, 5.41) is 45.5. The van der Waals surface area contributed by atoms with Gasteiger partial charge in [0.05, 0.1) is 48.0 Å². The fourth-order valence-corrected chi connectivity index (χ4v) is 8.99. The predicted molar refractivity (Wildman–Crippen MR) is 201 cm³/mol. The third kappa shape index (κ3) is 5.09. The maximum absolute atomic E-state index is 14.3. The summed E-state index contributed by atoms with van der Waals surface area (Å²) in [6.07, 6.45) is 13.9. The Bertz CT molecular complexity index is 2230. The van der Waals surface area contributed by atoms with Crippen LogP contribution in [-0.4, -0.2) is 34.5 Å². The molecule has 0 radical (unpaired) electrons. The molecule has 0 bridgehead atoms. The van der Waals surface area contributed by atoms with Gasteiger partial charge in [0, 0.05) is 33.8 Å². The number of ether oxygens (including phenoxy) is 1. The van der Waals surface area contributed by atoms with Crippen molar-refractivity contribution in [2.45, 2.75) is 110 Å². The zero-order valence-corrected chi connectivity index (χ0v) is 29.2. The fourth-order valence-electron chi connectivity index (χ4n) is 8.99. The number of aliphatic hydroxyl groups is 2. The predicted octanol–water partition coefficient (Wildman–Crippen LogP) is 8.07. The molecule has 8 heteroatoms. The van der Waals surface area contributed by atoms with Crippen LogP contribution >= 0.6 is 0 Å². The molecule has 0 spiro atoms. The van der Waals surface area contributed by atoms with E-state index < -0.39 is 18.6 Å². The molecule has 1 aliphatic carbocycles. The van der Waals surface area contributed by atoms with Crippen LogP contribution in [0.5, 0.6) is 11.5 Å². The summed E-state index contributed by atoms with van der Waals surface area (Å²) in [4.78, 5) is 28.0. The Kier molecular flexibility index (Phi) is 8.82. The minimum Gasteiger partial charge on any atom is -0.504 e. The number of methoxy groups -OCH3 is 1. The number of rotatable bonds is 13. The number of unbranched alkanes of at least 4 members (excludes halogenated alkanes) is 6. The lowest BCUT2D eigenvalue weighted by atomic mass is 9.79. The first-order valence-electron chi connectivity index (χ1n) is 18.1. The lowest BCUT2D eigenvalue weighted by Gasteiger charge is -2.43. The van der Waals surface area contributed by atoms with Gasteiger partial charge in [-0.15, -0.1) is 0 Å². The van der Waals surface area contributed by atoms with E-state index in [-0.39, 0.29) is 27.9 Å². The zero-order chi connectivity index (χ0) is 34.6. The molecule has 0 fully saturated rings. The number of hydrogen-bond donors (Lipinski definition) is 5. The van der Waals surface area contributed by atoms with Crippen molar-refractivity contribution in [1.29, 1.82) is 0 Å². The second-order valence-electron chi connectivity index (χ2n) is 14.5. The van der Waals surface area contributed by atoms with Gasteiger partial charge in [-0.3, -0.25) is 9.59 Å². The molecule has 8 nitrogen and oxygen atoms in total. The number of anilines is 2. The number of hydrogen-bond acceptors (Lipinski definition) is 8. The molecule has 0 unspecified atom stereocenters. The molecule has 0 amide bonds. The standard InChI is InChI=1S/C41H48N2O6/c1-5-7-9-11-13-41(14-12-10-8-6-2)21-42-38-33-27(46)17-23(19-44)29-30-24(20-45)18-28(47)34-36(30)32-26(40(49-4)39(34)48)16-22(3)15-25(37(38)43-41)31(32)35(29)33/h15,17-18,42-45,48H,5-14,16,19-21H2,1-4H3. The first-order valence-corrected chi connectivity index (χ1v) is 18.1. The minimum atomic E-state index is -0.420. The average Bonchev–Trinajstić information content (AvgIpc) is 3.25. The molecule has 1 heterocycles. The summed E-state index contributed by atoms with van der Waals surface area (Å²) >= 11 is 0. The molecule has 5 aromatic rings. The van der Waals surface area contributed by atoms with Crippen molar-refractivity contribution in [3.63, 3.8) is 0 Å². The first kappa shape index (κ1) is 33.4. The SMILES string of the molecule is CCCCCCC1(CCCCCC)CNc2c(c3c4c5c(c(OC)c(O)c6c(=O)cc(CO)c(c7c(CO)cc(=O)c2c74)c65)CC(C)=C3)N1. The number of allylic oxidation sites excluding steroid dienone is 1. The summed E-state index contributed by atoms with van der Waals surface area (Å²) in [6.45, 7) is 6.38. The van der Waals surface area contributed by atoms with Crippen LogP contribution in [0.3, 0.4) is 0 Å². The molecule has 49 heavy (non-hydrogen) atoms. The van der Waals surface area contributed by atoms with Crippen molar-refractivity contribution in [1.82, 2.24) is 0 Å². The highest BCUT2D eigenvalue weighted by Gasteiger charge is 2.38. The van der Waals surface area contributed by atoms with E-state index in [4.69, 9.17) is 4.74 Å². The maximum atomic E-state index is 14.3. The van der Waals surface area contributed by atoms with Crippen LogP contribution in [0.2, 0.25) is 0 Å².